The first-order valence-electron chi connectivity index (χ1n) is 26.2. The van der Waals surface area contributed by atoms with Crippen LogP contribution < -0.4 is 9.80 Å². The van der Waals surface area contributed by atoms with Gasteiger partial charge in [0.15, 0.2) is 0 Å². The van der Waals surface area contributed by atoms with Gasteiger partial charge in [-0.05, 0) is 164 Å². The summed E-state index contributed by atoms with van der Waals surface area (Å²) in [6, 6.07) is 95.8. The Labute approximate surface area is 439 Å². The topological polar surface area (TPSA) is 11.4 Å². The summed E-state index contributed by atoms with van der Waals surface area (Å²) < 4.78 is 2.64. The highest BCUT2D eigenvalue weighted by molar-refractivity contribution is 6.16. The number of fused-ring (bicyclic) bond motifs is 1. The average Bonchev–Trinajstić information content (AvgIpc) is 3.82. The fourth-order valence-electron chi connectivity index (χ4n) is 12.4. The third-order valence-corrected chi connectivity index (χ3v) is 16.3. The van der Waals surface area contributed by atoms with Crippen molar-refractivity contribution in [2.45, 2.75) is 38.5 Å². The number of hydrogen-bond acceptors (Lipinski definition) is 2. The monoisotopic (exact) mass is 961 g/mol. The highest BCUT2D eigenvalue weighted by Gasteiger charge is 2.43. The first-order valence-corrected chi connectivity index (χ1v) is 26.2. The molecule has 0 N–H and O–H groups in total. The van der Waals surface area contributed by atoms with E-state index in [2.05, 4.69) is 303 Å². The minimum Gasteiger partial charge on any atom is -0.311 e. The van der Waals surface area contributed by atoms with Gasteiger partial charge in [-0.25, -0.2) is 0 Å². The molecule has 2 aliphatic rings. The molecule has 14 rings (SSSR count). The summed E-state index contributed by atoms with van der Waals surface area (Å²) in [5, 5.41) is 2.59. The molecule has 11 aromatic carbocycles. The fraction of sp³-hybridized carbons (Fsp3) is 0.0833. The standard InChI is InChI=1S/C72H55N3/c1-71(2)64-26-17-27-65-70(64)75-68-62(44-54(46-66(68)71)52-32-40-60(41-33-52)73(56-22-13-7-14-23-56)58-36-28-50(29-37-58)48-18-9-5-10-19-48)63-45-55(47-67(69(63)75)72(65,3)4)53-34-42-61(43-35-53)74(57-24-15-8-16-25-57)59-38-30-51(31-39-59)49-20-11-6-12-21-49/h5-47H,1-4H3. The van der Waals surface area contributed by atoms with Crippen molar-refractivity contribution >= 4 is 55.9 Å². The average molecular weight is 962 g/mol. The van der Waals surface area contributed by atoms with Crippen molar-refractivity contribution in [1.82, 2.24) is 4.57 Å². The van der Waals surface area contributed by atoms with E-state index in [4.69, 9.17) is 0 Å². The minimum absolute atomic E-state index is 0.237. The van der Waals surface area contributed by atoms with Crippen molar-refractivity contribution in [2.75, 3.05) is 9.80 Å². The van der Waals surface area contributed by atoms with Crippen molar-refractivity contribution in [3.63, 3.8) is 0 Å². The molecule has 0 saturated carbocycles. The van der Waals surface area contributed by atoms with Crippen LogP contribution in [0.25, 0.3) is 72.0 Å². The number of benzene rings is 11. The van der Waals surface area contributed by atoms with Crippen molar-refractivity contribution in [2.24, 2.45) is 0 Å². The normalized spacial score (nSPS) is 13.5. The van der Waals surface area contributed by atoms with Gasteiger partial charge >= 0.3 is 0 Å². The molecule has 358 valence electrons. The van der Waals surface area contributed by atoms with Gasteiger partial charge in [-0.3, -0.25) is 0 Å². The fourth-order valence-corrected chi connectivity index (χ4v) is 12.4. The number of aromatic nitrogens is 1. The molecule has 2 aliphatic heterocycles. The Hall–Kier alpha value is -9.18. The maximum absolute atomic E-state index is 2.64. The Morgan fingerprint density at radius 1 is 0.253 bits per heavy atom. The number of nitrogens with zero attached hydrogens (tertiary/aromatic N) is 3. The van der Waals surface area contributed by atoms with E-state index in [1.165, 1.54) is 94.3 Å². The molecule has 0 amide bonds. The first kappa shape index (κ1) is 44.5. The second-order valence-electron chi connectivity index (χ2n) is 21.4. The summed E-state index contributed by atoms with van der Waals surface area (Å²) in [5.74, 6) is 0. The van der Waals surface area contributed by atoms with E-state index in [1.54, 1.807) is 0 Å². The lowest BCUT2D eigenvalue weighted by Crippen LogP contribution is -2.33. The molecule has 75 heavy (non-hydrogen) atoms. The van der Waals surface area contributed by atoms with E-state index >= 15 is 0 Å². The van der Waals surface area contributed by atoms with Gasteiger partial charge in [0.05, 0.1) is 16.7 Å². The summed E-state index contributed by atoms with van der Waals surface area (Å²) in [6.45, 7) is 9.71. The van der Waals surface area contributed by atoms with E-state index in [1.807, 2.05) is 0 Å². The summed E-state index contributed by atoms with van der Waals surface area (Å²) in [5.41, 5.74) is 25.4. The zero-order chi connectivity index (χ0) is 50.4. The molecule has 1 aromatic heterocycles. The second kappa shape index (κ2) is 17.2. The predicted octanol–water partition coefficient (Wildman–Crippen LogP) is 19.7. The van der Waals surface area contributed by atoms with E-state index < -0.39 is 0 Å². The van der Waals surface area contributed by atoms with Gasteiger partial charge in [0.1, 0.15) is 0 Å². The van der Waals surface area contributed by atoms with Gasteiger partial charge in [-0.2, -0.15) is 0 Å². The maximum atomic E-state index is 2.64. The molecule has 0 atom stereocenters. The van der Waals surface area contributed by atoms with Crippen LogP contribution in [-0.2, 0) is 10.8 Å². The summed E-state index contributed by atoms with van der Waals surface area (Å²) in [7, 11) is 0. The smallest absolute Gasteiger partial charge is 0.0582 e. The maximum Gasteiger partial charge on any atom is 0.0582 e. The Kier molecular flexibility index (Phi) is 10.2. The largest absolute Gasteiger partial charge is 0.311 e. The molecule has 0 radical (unpaired) electrons. The molecule has 0 bridgehead atoms. The van der Waals surface area contributed by atoms with Crippen molar-refractivity contribution in [3.8, 4) is 50.2 Å². The Bertz CT molecular complexity index is 3830. The van der Waals surface area contributed by atoms with E-state index in [-0.39, 0.29) is 10.8 Å². The van der Waals surface area contributed by atoms with Crippen LogP contribution >= 0.6 is 0 Å². The van der Waals surface area contributed by atoms with Crippen LogP contribution in [0.2, 0.25) is 0 Å². The third-order valence-electron chi connectivity index (χ3n) is 16.3. The molecule has 0 unspecified atom stereocenters. The van der Waals surface area contributed by atoms with Crippen LogP contribution in [-0.4, -0.2) is 4.57 Å². The lowest BCUT2D eigenvalue weighted by Gasteiger charge is -2.42. The summed E-state index contributed by atoms with van der Waals surface area (Å²) >= 11 is 0. The van der Waals surface area contributed by atoms with Gasteiger partial charge in [0, 0.05) is 55.7 Å². The lowest BCUT2D eigenvalue weighted by molar-refractivity contribution is 0.594. The third kappa shape index (κ3) is 7.17. The van der Waals surface area contributed by atoms with Crippen molar-refractivity contribution < 1.29 is 0 Å². The summed E-state index contributed by atoms with van der Waals surface area (Å²) in [4.78, 5) is 4.71. The van der Waals surface area contributed by atoms with Gasteiger partial charge < -0.3 is 14.4 Å². The van der Waals surface area contributed by atoms with Gasteiger partial charge in [0.25, 0.3) is 0 Å². The zero-order valence-electron chi connectivity index (χ0n) is 42.7. The quantitative estimate of drug-likeness (QED) is 0.135. The Balaban J connectivity index is 0.892. The number of anilines is 6. The molecule has 0 fully saturated rings. The molecule has 3 nitrogen and oxygen atoms in total. The predicted molar refractivity (Wildman–Crippen MR) is 316 cm³/mol. The van der Waals surface area contributed by atoms with Gasteiger partial charge in [-0.15, -0.1) is 0 Å². The van der Waals surface area contributed by atoms with Crippen LogP contribution in [0.5, 0.6) is 0 Å². The minimum atomic E-state index is -0.237. The Morgan fingerprint density at radius 2 is 0.533 bits per heavy atom. The highest BCUT2D eigenvalue weighted by atomic mass is 15.1. The van der Waals surface area contributed by atoms with Crippen molar-refractivity contribution in [3.05, 3.63) is 283 Å². The van der Waals surface area contributed by atoms with Crippen LogP contribution in [0.3, 0.4) is 0 Å². The molecule has 0 aliphatic carbocycles. The molecular weight excluding hydrogens is 907 g/mol. The number of para-hydroxylation sites is 3. The molecule has 3 heteroatoms. The zero-order valence-corrected chi connectivity index (χ0v) is 42.7. The van der Waals surface area contributed by atoms with E-state index in [0.717, 1.165) is 34.1 Å². The van der Waals surface area contributed by atoms with Crippen LogP contribution in [0, 0.1) is 0 Å². The molecule has 0 saturated heterocycles. The molecule has 3 heterocycles. The SMILES string of the molecule is CC1(C)c2cccc3c2-n2c4c1cc(-c1ccc(N(c5ccccc5)c5ccc(-c6ccccc6)cc5)cc1)cc4c1cc(-c4ccc(N(c5ccccc5)c5ccc(-c6ccccc6)cc5)cc4)cc(c12)C3(C)C. The highest BCUT2D eigenvalue weighted by Crippen LogP contribution is 2.57. The second-order valence-corrected chi connectivity index (χ2v) is 21.4. The van der Waals surface area contributed by atoms with E-state index in [0.29, 0.717) is 0 Å². The molecular formula is C72H55N3. The number of hydrogen-bond donors (Lipinski definition) is 0. The van der Waals surface area contributed by atoms with E-state index in [9.17, 15) is 0 Å². The van der Waals surface area contributed by atoms with Crippen molar-refractivity contribution in [1.29, 1.82) is 0 Å². The lowest BCUT2D eigenvalue weighted by atomic mass is 9.68. The van der Waals surface area contributed by atoms with Crippen LogP contribution in [0.15, 0.2) is 261 Å². The van der Waals surface area contributed by atoms with Gasteiger partial charge in [-0.1, -0.05) is 191 Å². The molecule has 0 spiro atoms. The Morgan fingerprint density at radius 3 is 0.867 bits per heavy atom. The molecule has 12 aromatic rings. The van der Waals surface area contributed by atoms with Crippen LogP contribution in [0.1, 0.15) is 49.9 Å². The summed E-state index contributed by atoms with van der Waals surface area (Å²) in [6.07, 6.45) is 0. The first-order chi connectivity index (χ1) is 36.7. The number of rotatable bonds is 10. The van der Waals surface area contributed by atoms with Gasteiger partial charge in [0.2, 0.25) is 0 Å². The van der Waals surface area contributed by atoms with Crippen LogP contribution in [0.4, 0.5) is 34.1 Å².